The molecule has 0 atom stereocenters. The van der Waals surface area contributed by atoms with Gasteiger partial charge in [-0.15, -0.1) is 11.3 Å². The average Bonchev–Trinajstić information content (AvgIpc) is 3.14. The molecule has 1 aliphatic heterocycles. The minimum Gasteiger partial charge on any atom is -0.484 e. The molecule has 0 bridgehead atoms. The fraction of sp³-hybridized carbons (Fsp3) is 0.300. The number of fused-ring (bicyclic) bond motifs is 1. The number of nitrogens with zero attached hydrogens (tertiary/aromatic N) is 4. The van der Waals surface area contributed by atoms with Crippen LogP contribution in [0.15, 0.2) is 42.2 Å². The topological polar surface area (TPSA) is 68.2 Å². The molecule has 3 aromatic rings. The molecule has 0 spiro atoms. The number of carbonyl (C=O) groups is 1. The van der Waals surface area contributed by atoms with Crippen molar-refractivity contribution in [3.05, 3.63) is 53.4 Å². The molecule has 1 aliphatic rings. The summed E-state index contributed by atoms with van der Waals surface area (Å²) in [5, 5.41) is 2.36. The zero-order valence-electron chi connectivity index (χ0n) is 16.1. The molecule has 0 fully saturated rings. The van der Waals surface area contributed by atoms with Crippen LogP contribution in [0.25, 0.3) is 10.7 Å². The molecule has 30 heavy (non-hydrogen) atoms. The van der Waals surface area contributed by atoms with Crippen molar-refractivity contribution in [3.8, 4) is 16.5 Å². The molecule has 0 radical (unpaired) electrons. The standard InChI is InChI=1S/C20H17F3N4O2S/c1-19(2)11-27(15-7-12(20(21,22)23)3-4-16(15)29-19)17(28)8-13-10-30-18(26-13)14-9-24-5-6-25-14/h3-7,9-10H,8,11H2,1-2H3. The molecule has 1 aromatic carbocycles. The van der Waals surface area contributed by atoms with Crippen molar-refractivity contribution in [3.63, 3.8) is 0 Å². The normalized spacial score (nSPS) is 15.4. The first-order valence-corrected chi connectivity index (χ1v) is 9.92. The van der Waals surface area contributed by atoms with Crippen molar-refractivity contribution >= 4 is 22.9 Å². The third kappa shape index (κ3) is 4.13. The van der Waals surface area contributed by atoms with Gasteiger partial charge in [0.15, 0.2) is 0 Å². The van der Waals surface area contributed by atoms with Crippen LogP contribution in [0, 0.1) is 0 Å². The lowest BCUT2D eigenvalue weighted by Crippen LogP contribution is -2.50. The molecular weight excluding hydrogens is 417 g/mol. The Kier molecular flexibility index (Phi) is 4.97. The third-order valence-electron chi connectivity index (χ3n) is 4.47. The Morgan fingerprint density at radius 3 is 2.80 bits per heavy atom. The first-order chi connectivity index (χ1) is 14.1. The van der Waals surface area contributed by atoms with Crippen LogP contribution in [0.3, 0.4) is 0 Å². The Bertz CT molecular complexity index is 1080. The second kappa shape index (κ2) is 7.35. The maximum atomic E-state index is 13.2. The van der Waals surface area contributed by atoms with Crippen molar-refractivity contribution in [2.45, 2.75) is 32.0 Å². The van der Waals surface area contributed by atoms with Crippen molar-refractivity contribution < 1.29 is 22.7 Å². The van der Waals surface area contributed by atoms with Gasteiger partial charge in [0.25, 0.3) is 0 Å². The summed E-state index contributed by atoms with van der Waals surface area (Å²) in [7, 11) is 0. The summed E-state index contributed by atoms with van der Waals surface area (Å²) >= 11 is 1.32. The molecule has 6 nitrogen and oxygen atoms in total. The Morgan fingerprint density at radius 2 is 2.10 bits per heavy atom. The van der Waals surface area contributed by atoms with Crippen LogP contribution in [-0.2, 0) is 17.4 Å². The van der Waals surface area contributed by atoms with Crippen LogP contribution in [0.2, 0.25) is 0 Å². The zero-order valence-corrected chi connectivity index (χ0v) is 16.9. The highest BCUT2D eigenvalue weighted by Gasteiger charge is 2.38. The second-order valence-electron chi connectivity index (χ2n) is 7.43. The molecule has 10 heteroatoms. The van der Waals surface area contributed by atoms with Crippen LogP contribution in [0.1, 0.15) is 25.1 Å². The maximum absolute atomic E-state index is 13.2. The van der Waals surface area contributed by atoms with Gasteiger partial charge in [0.05, 0.1) is 36.1 Å². The van der Waals surface area contributed by atoms with E-state index in [9.17, 15) is 18.0 Å². The van der Waals surface area contributed by atoms with Crippen LogP contribution < -0.4 is 9.64 Å². The Hall–Kier alpha value is -3.01. The van der Waals surface area contributed by atoms with Crippen LogP contribution in [0.4, 0.5) is 18.9 Å². The van der Waals surface area contributed by atoms with Gasteiger partial charge in [0.2, 0.25) is 5.91 Å². The molecule has 0 saturated carbocycles. The quantitative estimate of drug-likeness (QED) is 0.613. The number of hydrogen-bond acceptors (Lipinski definition) is 6. The molecule has 0 unspecified atom stereocenters. The number of ether oxygens (including phenoxy) is 1. The van der Waals surface area contributed by atoms with E-state index in [1.54, 1.807) is 37.8 Å². The SMILES string of the molecule is CC1(C)CN(C(=O)Cc2csc(-c3cnccn3)n2)c2cc(C(F)(F)F)ccc2O1. The van der Waals surface area contributed by atoms with Gasteiger partial charge in [-0.3, -0.25) is 14.8 Å². The number of hydrogen-bond donors (Lipinski definition) is 0. The number of thiazole rings is 1. The smallest absolute Gasteiger partial charge is 0.416 e. The molecule has 1 amide bonds. The Labute approximate surface area is 174 Å². The molecule has 2 aromatic heterocycles. The van der Waals surface area contributed by atoms with E-state index in [1.165, 1.54) is 22.3 Å². The number of aromatic nitrogens is 3. The van der Waals surface area contributed by atoms with E-state index in [4.69, 9.17) is 4.74 Å². The largest absolute Gasteiger partial charge is 0.484 e. The molecule has 4 rings (SSSR count). The first-order valence-electron chi connectivity index (χ1n) is 9.04. The minimum atomic E-state index is -4.52. The average molecular weight is 434 g/mol. The highest BCUT2D eigenvalue weighted by Crippen LogP contribution is 2.41. The summed E-state index contributed by atoms with van der Waals surface area (Å²) in [5.74, 6) is -0.117. The fourth-order valence-electron chi connectivity index (χ4n) is 3.18. The lowest BCUT2D eigenvalue weighted by atomic mass is 10.0. The lowest BCUT2D eigenvalue weighted by molar-refractivity contribution is -0.137. The minimum absolute atomic E-state index is 0.0530. The number of anilines is 1. The molecular formula is C20H17F3N4O2S. The van der Waals surface area contributed by atoms with E-state index in [2.05, 4.69) is 15.0 Å². The monoisotopic (exact) mass is 434 g/mol. The van der Waals surface area contributed by atoms with Gasteiger partial charge < -0.3 is 9.64 Å². The summed E-state index contributed by atoms with van der Waals surface area (Å²) in [6, 6.07) is 3.17. The van der Waals surface area contributed by atoms with Gasteiger partial charge in [-0.2, -0.15) is 13.2 Å². The Morgan fingerprint density at radius 1 is 1.30 bits per heavy atom. The number of halogens is 3. The van der Waals surface area contributed by atoms with Crippen LogP contribution in [0.5, 0.6) is 5.75 Å². The van der Waals surface area contributed by atoms with E-state index in [1.807, 2.05) is 0 Å². The van der Waals surface area contributed by atoms with Crippen molar-refractivity contribution in [2.75, 3.05) is 11.4 Å². The second-order valence-corrected chi connectivity index (χ2v) is 8.29. The van der Waals surface area contributed by atoms with E-state index in [0.717, 1.165) is 12.1 Å². The summed E-state index contributed by atoms with van der Waals surface area (Å²) in [4.78, 5) is 27.0. The van der Waals surface area contributed by atoms with Gasteiger partial charge in [-0.1, -0.05) is 0 Å². The molecule has 0 aliphatic carbocycles. The molecule has 0 saturated heterocycles. The number of amides is 1. The van der Waals surface area contributed by atoms with E-state index in [-0.39, 0.29) is 30.3 Å². The molecule has 156 valence electrons. The number of alkyl halides is 3. The highest BCUT2D eigenvalue weighted by molar-refractivity contribution is 7.13. The molecule has 3 heterocycles. The van der Waals surface area contributed by atoms with Crippen LogP contribution in [-0.4, -0.2) is 33.0 Å². The summed E-state index contributed by atoms with van der Waals surface area (Å²) < 4.78 is 45.3. The van der Waals surface area contributed by atoms with Crippen LogP contribution >= 0.6 is 11.3 Å². The number of rotatable bonds is 3. The number of carbonyl (C=O) groups excluding carboxylic acids is 1. The van der Waals surface area contributed by atoms with Crippen molar-refractivity contribution in [1.29, 1.82) is 0 Å². The maximum Gasteiger partial charge on any atom is 0.416 e. The van der Waals surface area contributed by atoms with Gasteiger partial charge in [0, 0.05) is 17.8 Å². The fourth-order valence-corrected chi connectivity index (χ4v) is 3.95. The summed E-state index contributed by atoms with van der Waals surface area (Å²) in [6.07, 6.45) is 0.102. The van der Waals surface area contributed by atoms with E-state index >= 15 is 0 Å². The predicted molar refractivity (Wildman–Crippen MR) is 105 cm³/mol. The van der Waals surface area contributed by atoms with Gasteiger partial charge in [0.1, 0.15) is 22.1 Å². The Balaban J connectivity index is 1.62. The van der Waals surface area contributed by atoms with Crippen molar-refractivity contribution in [1.82, 2.24) is 15.0 Å². The van der Waals surface area contributed by atoms with Gasteiger partial charge >= 0.3 is 6.18 Å². The summed E-state index contributed by atoms with van der Waals surface area (Å²) in [5.41, 5.74) is -0.355. The number of benzene rings is 1. The molecule has 0 N–H and O–H groups in total. The van der Waals surface area contributed by atoms with Crippen molar-refractivity contribution in [2.24, 2.45) is 0 Å². The van der Waals surface area contributed by atoms with Gasteiger partial charge in [-0.25, -0.2) is 4.98 Å². The van der Waals surface area contributed by atoms with E-state index < -0.39 is 17.3 Å². The highest BCUT2D eigenvalue weighted by atomic mass is 32.1. The van der Waals surface area contributed by atoms with Gasteiger partial charge in [-0.05, 0) is 32.0 Å². The van der Waals surface area contributed by atoms with E-state index in [0.29, 0.717) is 16.4 Å². The zero-order chi connectivity index (χ0) is 21.5. The summed E-state index contributed by atoms with van der Waals surface area (Å²) in [6.45, 7) is 3.69. The first kappa shape index (κ1) is 20.3. The third-order valence-corrected chi connectivity index (χ3v) is 5.38. The lowest BCUT2D eigenvalue weighted by Gasteiger charge is -2.40. The predicted octanol–water partition coefficient (Wildman–Crippen LogP) is 4.37.